The maximum atomic E-state index is 3.82. The van der Waals surface area contributed by atoms with Crippen molar-refractivity contribution >= 4 is 0 Å². The Morgan fingerprint density at radius 2 is 2.67 bits per heavy atom. The zero-order chi connectivity index (χ0) is 6.53. The molecule has 0 aromatic carbocycles. The SMILES string of the molecule is [Zn]=[N][N-]Nn1cccn1. The van der Waals surface area contributed by atoms with Crippen molar-refractivity contribution in [2.75, 3.05) is 5.53 Å². The van der Waals surface area contributed by atoms with Crippen molar-refractivity contribution in [3.8, 4) is 0 Å². The molecule has 0 bridgehead atoms. The van der Waals surface area contributed by atoms with Crippen molar-refractivity contribution in [3.63, 3.8) is 0 Å². The molecule has 0 unspecified atom stereocenters. The van der Waals surface area contributed by atoms with Gasteiger partial charge in [0.25, 0.3) is 0 Å². The Morgan fingerprint density at radius 3 is 3.22 bits per heavy atom. The molecular formula is C3H4N5Zn-. The number of hydrogen-bond acceptors (Lipinski definition) is 3. The Labute approximate surface area is 61.9 Å². The summed E-state index contributed by atoms with van der Waals surface area (Å²) in [6.45, 7) is 0. The van der Waals surface area contributed by atoms with E-state index in [4.69, 9.17) is 0 Å². The van der Waals surface area contributed by atoms with Crippen LogP contribution in [0.25, 0.3) is 5.53 Å². The van der Waals surface area contributed by atoms with Gasteiger partial charge < -0.3 is 0 Å². The number of hydrogen-bond donors (Lipinski definition) is 1. The summed E-state index contributed by atoms with van der Waals surface area (Å²) in [5.41, 5.74) is 6.11. The van der Waals surface area contributed by atoms with Gasteiger partial charge in [0.2, 0.25) is 0 Å². The Hall–Kier alpha value is -0.607. The predicted molar refractivity (Wildman–Crippen MR) is 27.4 cm³/mol. The molecule has 1 aromatic heterocycles. The van der Waals surface area contributed by atoms with Gasteiger partial charge in [-0.3, -0.25) is 0 Å². The molecule has 0 spiro atoms. The Bertz CT molecular complexity index is 170. The third-order valence-electron chi connectivity index (χ3n) is 0.722. The molecule has 0 saturated carbocycles. The van der Waals surface area contributed by atoms with E-state index in [1.165, 1.54) is 4.79 Å². The van der Waals surface area contributed by atoms with Crippen LogP contribution in [0.1, 0.15) is 0 Å². The molecule has 5 nitrogen and oxygen atoms in total. The van der Waals surface area contributed by atoms with Gasteiger partial charge in [0.15, 0.2) is 0 Å². The zero-order valence-corrected chi connectivity index (χ0v) is 7.70. The van der Waals surface area contributed by atoms with Crippen LogP contribution in [0.4, 0.5) is 0 Å². The van der Waals surface area contributed by atoms with Crippen LogP contribution in [0.15, 0.2) is 22.3 Å². The number of nitrogens with one attached hydrogen (secondary N) is 1. The van der Waals surface area contributed by atoms with E-state index in [0.29, 0.717) is 0 Å². The molecule has 0 aliphatic heterocycles. The molecule has 0 fully saturated rings. The first-order chi connectivity index (χ1) is 4.43. The van der Waals surface area contributed by atoms with Crippen LogP contribution < -0.4 is 5.53 Å². The van der Waals surface area contributed by atoms with Crippen molar-refractivity contribution in [1.29, 1.82) is 0 Å². The monoisotopic (exact) mass is 174 g/mol. The van der Waals surface area contributed by atoms with Gasteiger partial charge in [-0.2, -0.15) is 0 Å². The summed E-state index contributed by atoms with van der Waals surface area (Å²) >= 11 is 0.800. The first-order valence-corrected chi connectivity index (χ1v) is 3.67. The molecule has 0 aliphatic rings. The fourth-order valence-electron chi connectivity index (χ4n) is 0.405. The van der Waals surface area contributed by atoms with Crippen molar-refractivity contribution in [3.05, 3.63) is 24.0 Å². The molecule has 0 radical (unpaired) electrons. The van der Waals surface area contributed by atoms with Crippen LogP contribution in [0.2, 0.25) is 0 Å². The third-order valence-corrected chi connectivity index (χ3v) is 1.02. The molecule has 1 N–H and O–H groups in total. The van der Waals surface area contributed by atoms with E-state index in [-0.39, 0.29) is 0 Å². The Kier molecular flexibility index (Phi) is 2.48. The second kappa shape index (κ2) is 3.42. The molecule has 1 aromatic rings. The standard InChI is InChI=1S/C3H4N5.Zn/c4-6-7-8-3-1-2-5-8;/h1-3,7H;/q-1;. The number of aromatic nitrogens is 2. The quantitative estimate of drug-likeness (QED) is 0.533. The fraction of sp³-hybridized carbons (Fsp3) is 0. The molecule has 0 saturated heterocycles. The average Bonchev–Trinajstić information content (AvgIpc) is 2.34. The van der Waals surface area contributed by atoms with Gasteiger partial charge in [-0.1, -0.05) is 0 Å². The molecule has 0 aliphatic carbocycles. The molecule has 1 heterocycles. The number of nitrogens with zero attached hydrogens (tertiary/aromatic N) is 4. The third kappa shape index (κ3) is 1.99. The van der Waals surface area contributed by atoms with Crippen LogP contribution in [-0.2, 0) is 18.1 Å². The number of rotatable bonds is 3. The summed E-state index contributed by atoms with van der Waals surface area (Å²) in [5, 5.41) is 3.82. The van der Waals surface area contributed by atoms with Crippen molar-refractivity contribution in [1.82, 2.24) is 9.89 Å². The molecule has 1 rings (SSSR count). The van der Waals surface area contributed by atoms with E-state index in [9.17, 15) is 0 Å². The van der Waals surface area contributed by atoms with E-state index >= 15 is 0 Å². The van der Waals surface area contributed by atoms with Gasteiger partial charge in [-0.25, -0.2) is 0 Å². The first kappa shape index (κ1) is 6.51. The Balaban J connectivity index is 2.38. The van der Waals surface area contributed by atoms with Gasteiger partial charge in [0.05, 0.1) is 0 Å². The van der Waals surface area contributed by atoms with Gasteiger partial charge in [0.1, 0.15) is 0 Å². The van der Waals surface area contributed by atoms with Crippen LogP contribution in [0, 0.1) is 0 Å². The minimum absolute atomic E-state index is 0.800. The summed E-state index contributed by atoms with van der Waals surface area (Å²) in [6.07, 6.45) is 3.41. The molecule has 6 heteroatoms. The topological polar surface area (TPSA) is 56.3 Å². The minimum atomic E-state index is 0.800. The Morgan fingerprint density at radius 1 is 1.78 bits per heavy atom. The van der Waals surface area contributed by atoms with Crippen LogP contribution >= 0.6 is 0 Å². The van der Waals surface area contributed by atoms with Crippen LogP contribution in [0.3, 0.4) is 0 Å². The second-order valence-electron chi connectivity index (χ2n) is 1.29. The average molecular weight is 175 g/mol. The summed E-state index contributed by atoms with van der Waals surface area (Å²) < 4.78 is 3.59. The van der Waals surface area contributed by atoms with E-state index in [0.717, 1.165) is 18.1 Å². The van der Waals surface area contributed by atoms with E-state index < -0.39 is 0 Å². The fourth-order valence-corrected chi connectivity index (χ4v) is 0.538. The van der Waals surface area contributed by atoms with E-state index in [2.05, 4.69) is 20.0 Å². The van der Waals surface area contributed by atoms with Gasteiger partial charge in [0, 0.05) is 0 Å². The van der Waals surface area contributed by atoms with Crippen LogP contribution in [0.5, 0.6) is 0 Å². The van der Waals surface area contributed by atoms with E-state index in [1.807, 2.05) is 0 Å². The summed E-state index contributed by atoms with van der Waals surface area (Å²) in [7, 11) is 0. The van der Waals surface area contributed by atoms with Gasteiger partial charge in [-0.15, -0.1) is 0 Å². The summed E-state index contributed by atoms with van der Waals surface area (Å²) in [6, 6.07) is 1.80. The first-order valence-electron chi connectivity index (χ1n) is 2.35. The normalized spacial score (nSPS) is 9.11. The van der Waals surface area contributed by atoms with Crippen LogP contribution in [-0.4, -0.2) is 9.89 Å². The van der Waals surface area contributed by atoms with Crippen molar-refractivity contribution in [2.45, 2.75) is 0 Å². The van der Waals surface area contributed by atoms with Gasteiger partial charge >= 0.3 is 61.3 Å². The van der Waals surface area contributed by atoms with Crippen molar-refractivity contribution in [2.24, 2.45) is 3.79 Å². The molecule has 0 amide bonds. The summed E-state index contributed by atoms with van der Waals surface area (Å²) in [4.78, 5) is 1.47. The van der Waals surface area contributed by atoms with E-state index in [1.54, 1.807) is 18.5 Å². The molecule has 44 valence electrons. The second-order valence-corrected chi connectivity index (χ2v) is 1.89. The molecule has 9 heavy (non-hydrogen) atoms. The maximum absolute atomic E-state index is 3.82. The van der Waals surface area contributed by atoms with Gasteiger partial charge in [-0.05, 0) is 0 Å². The summed E-state index contributed by atoms with van der Waals surface area (Å²) in [5.74, 6) is 0. The molecule has 0 atom stereocenters. The van der Waals surface area contributed by atoms with Crippen molar-refractivity contribution < 1.29 is 18.1 Å². The molecular weight excluding hydrogens is 171 g/mol. The zero-order valence-electron chi connectivity index (χ0n) is 4.73. The predicted octanol–water partition coefficient (Wildman–Crippen LogP) is 0.361.